The lowest BCUT2D eigenvalue weighted by molar-refractivity contribution is -0.312. The molecule has 2 atom stereocenters. The molecule has 0 saturated heterocycles. The Balaban J connectivity index is 2.02. The summed E-state index contributed by atoms with van der Waals surface area (Å²) >= 11 is 0. The number of aliphatic carboxylic acids is 2. The van der Waals surface area contributed by atoms with Gasteiger partial charge in [-0.15, -0.1) is 0 Å². The van der Waals surface area contributed by atoms with Crippen LogP contribution >= 0.6 is 0 Å². The molecule has 0 radical (unpaired) electrons. The number of carbonyl (C=O) groups excluding carboxylic acids is 3. The van der Waals surface area contributed by atoms with E-state index in [1.165, 1.54) is 0 Å². The van der Waals surface area contributed by atoms with Crippen molar-refractivity contribution in [1.82, 2.24) is 10.3 Å². The fraction of sp³-hybridized carbons (Fsp3) is 0.652. The second kappa shape index (κ2) is 11.8. The topological polar surface area (TPSA) is 131 Å². The van der Waals surface area contributed by atoms with Gasteiger partial charge in [-0.25, -0.2) is 0 Å². The summed E-state index contributed by atoms with van der Waals surface area (Å²) in [6, 6.07) is 2.96. The minimum absolute atomic E-state index is 0.00253. The number of rotatable bonds is 13. The molecule has 31 heavy (non-hydrogen) atoms. The van der Waals surface area contributed by atoms with Crippen LogP contribution in [0.1, 0.15) is 69.5 Å². The largest absolute Gasteiger partial charge is 0.550 e. The van der Waals surface area contributed by atoms with Crippen LogP contribution in [0.5, 0.6) is 0 Å². The second-order valence-corrected chi connectivity index (χ2v) is 8.57. The van der Waals surface area contributed by atoms with Crippen LogP contribution in [0.25, 0.3) is 0 Å². The van der Waals surface area contributed by atoms with Crippen molar-refractivity contribution in [2.75, 3.05) is 6.61 Å². The number of carboxylic acid groups (broad SMARTS) is 2. The Labute approximate surface area is 183 Å². The van der Waals surface area contributed by atoms with Gasteiger partial charge in [-0.2, -0.15) is 0 Å². The third-order valence-electron chi connectivity index (χ3n) is 5.96. The molecule has 1 aromatic heterocycles. The number of aromatic nitrogens is 1. The molecule has 1 amide bonds. The number of carbonyl (C=O) groups is 3. The molecule has 1 fully saturated rings. The van der Waals surface area contributed by atoms with E-state index in [1.807, 2.05) is 26.0 Å². The smallest absolute Gasteiger partial charge is 0.226 e. The van der Waals surface area contributed by atoms with Crippen LogP contribution in [0.15, 0.2) is 18.3 Å². The summed E-state index contributed by atoms with van der Waals surface area (Å²) in [7, 11) is 0. The van der Waals surface area contributed by atoms with E-state index >= 15 is 0 Å². The van der Waals surface area contributed by atoms with Crippen LogP contribution in [-0.2, 0) is 25.7 Å². The van der Waals surface area contributed by atoms with Crippen molar-refractivity contribution in [2.24, 2.45) is 11.3 Å². The number of ether oxygens (including phenoxy) is 1. The Morgan fingerprint density at radius 2 is 1.94 bits per heavy atom. The molecule has 1 aliphatic carbocycles. The van der Waals surface area contributed by atoms with Crippen LogP contribution in [-0.4, -0.2) is 35.5 Å². The number of amides is 1. The maximum atomic E-state index is 13.2. The quantitative estimate of drug-likeness (QED) is 0.484. The van der Waals surface area contributed by atoms with Gasteiger partial charge in [-0.1, -0.05) is 32.3 Å². The minimum Gasteiger partial charge on any atom is -0.550 e. The lowest BCUT2D eigenvalue weighted by Crippen LogP contribution is -2.49. The van der Waals surface area contributed by atoms with E-state index in [4.69, 9.17) is 4.74 Å². The van der Waals surface area contributed by atoms with Gasteiger partial charge >= 0.3 is 0 Å². The standard InChI is InChI=1S/C23H34N2O6/c1-3-6-18(21(28)29)12-23(9-4-5-10-23)22(30)25-19(11-20(26)27)15-31-14-17-8-7-16(2)24-13-17/h7-8,13,18-19H,3-6,9-12,14-15H2,1-2H3,(H,25,30)(H,26,27)(H,28,29)/p-2. The predicted molar refractivity (Wildman–Crippen MR) is 109 cm³/mol. The number of nitrogens with one attached hydrogen (secondary N) is 1. The first-order valence-corrected chi connectivity index (χ1v) is 11.0. The molecule has 1 N–H and O–H groups in total. The highest BCUT2D eigenvalue weighted by molar-refractivity contribution is 5.84. The first-order valence-electron chi connectivity index (χ1n) is 11.0. The fourth-order valence-electron chi connectivity index (χ4n) is 4.29. The lowest BCUT2D eigenvalue weighted by Gasteiger charge is -2.34. The van der Waals surface area contributed by atoms with Crippen molar-refractivity contribution in [1.29, 1.82) is 0 Å². The molecule has 0 bridgehead atoms. The first kappa shape index (κ1) is 24.8. The van der Waals surface area contributed by atoms with Gasteiger partial charge in [0, 0.05) is 35.7 Å². The zero-order valence-electron chi connectivity index (χ0n) is 18.4. The van der Waals surface area contributed by atoms with Crippen molar-refractivity contribution in [3.05, 3.63) is 29.6 Å². The molecule has 1 aromatic rings. The van der Waals surface area contributed by atoms with Crippen LogP contribution in [0.2, 0.25) is 0 Å². The third-order valence-corrected chi connectivity index (χ3v) is 5.96. The van der Waals surface area contributed by atoms with Crippen molar-refractivity contribution < 1.29 is 29.3 Å². The van der Waals surface area contributed by atoms with E-state index in [2.05, 4.69) is 10.3 Å². The molecule has 172 valence electrons. The number of nitrogens with zero attached hydrogens (tertiary/aromatic N) is 1. The van der Waals surface area contributed by atoms with E-state index < -0.39 is 29.3 Å². The summed E-state index contributed by atoms with van der Waals surface area (Å²) in [5, 5.41) is 25.6. The average Bonchev–Trinajstić information content (AvgIpc) is 3.18. The average molecular weight is 433 g/mol. The summed E-state index contributed by atoms with van der Waals surface area (Å²) in [6.07, 6.45) is 5.49. The summed E-state index contributed by atoms with van der Waals surface area (Å²) in [4.78, 5) is 40.1. The van der Waals surface area contributed by atoms with Crippen LogP contribution in [0.4, 0.5) is 0 Å². The molecule has 2 rings (SSSR count). The Hall–Kier alpha value is -2.48. The van der Waals surface area contributed by atoms with Gasteiger partial charge < -0.3 is 29.9 Å². The number of hydrogen-bond donors (Lipinski definition) is 1. The minimum atomic E-state index is -1.29. The van der Waals surface area contributed by atoms with E-state index in [1.54, 1.807) is 6.20 Å². The van der Waals surface area contributed by atoms with Gasteiger partial charge in [0.1, 0.15) is 0 Å². The van der Waals surface area contributed by atoms with E-state index in [0.29, 0.717) is 25.7 Å². The second-order valence-electron chi connectivity index (χ2n) is 8.57. The summed E-state index contributed by atoms with van der Waals surface area (Å²) in [6.45, 7) is 4.01. The highest BCUT2D eigenvalue weighted by Crippen LogP contribution is 2.44. The maximum absolute atomic E-state index is 13.2. The Kier molecular flexibility index (Phi) is 9.43. The molecule has 0 spiro atoms. The van der Waals surface area contributed by atoms with Gasteiger partial charge in [-0.05, 0) is 50.2 Å². The monoisotopic (exact) mass is 432 g/mol. The SMILES string of the molecule is CCCC(CC1(C(=O)NC(COCc2ccc(C)nc2)CC(=O)[O-])CCCC1)C(=O)[O-]. The first-order chi connectivity index (χ1) is 14.8. The van der Waals surface area contributed by atoms with E-state index in [9.17, 15) is 24.6 Å². The molecular formula is C23H32N2O6-2. The van der Waals surface area contributed by atoms with Gasteiger partial charge in [0.25, 0.3) is 0 Å². The molecule has 2 unspecified atom stereocenters. The molecule has 8 heteroatoms. The normalized spacial score (nSPS) is 17.1. The van der Waals surface area contributed by atoms with Crippen molar-refractivity contribution in [3.63, 3.8) is 0 Å². The van der Waals surface area contributed by atoms with Crippen LogP contribution in [0, 0.1) is 18.3 Å². The number of hydrogen-bond acceptors (Lipinski definition) is 7. The Morgan fingerprint density at radius 3 is 2.48 bits per heavy atom. The zero-order chi connectivity index (χ0) is 22.9. The van der Waals surface area contributed by atoms with Crippen LogP contribution in [0.3, 0.4) is 0 Å². The van der Waals surface area contributed by atoms with Gasteiger partial charge in [0.05, 0.1) is 19.3 Å². The highest BCUT2D eigenvalue weighted by Gasteiger charge is 2.43. The Bertz CT molecular complexity index is 743. The molecule has 8 nitrogen and oxygen atoms in total. The molecule has 0 aliphatic heterocycles. The molecule has 1 saturated carbocycles. The molecule has 1 heterocycles. The van der Waals surface area contributed by atoms with Gasteiger partial charge in [0.2, 0.25) is 5.91 Å². The number of carboxylic acids is 2. The Morgan fingerprint density at radius 1 is 1.23 bits per heavy atom. The van der Waals surface area contributed by atoms with Gasteiger partial charge in [0.15, 0.2) is 0 Å². The molecular weight excluding hydrogens is 400 g/mol. The van der Waals surface area contributed by atoms with Crippen molar-refractivity contribution in [2.45, 2.75) is 77.9 Å². The number of pyridine rings is 1. The van der Waals surface area contributed by atoms with Crippen molar-refractivity contribution in [3.8, 4) is 0 Å². The fourth-order valence-corrected chi connectivity index (χ4v) is 4.29. The highest BCUT2D eigenvalue weighted by atomic mass is 16.5. The summed E-state index contributed by atoms with van der Waals surface area (Å²) in [5.74, 6) is -3.43. The van der Waals surface area contributed by atoms with Crippen LogP contribution < -0.4 is 15.5 Å². The van der Waals surface area contributed by atoms with E-state index in [-0.39, 0.29) is 32.0 Å². The van der Waals surface area contributed by atoms with Crippen molar-refractivity contribution >= 4 is 17.8 Å². The lowest BCUT2D eigenvalue weighted by atomic mass is 9.75. The molecule has 1 aliphatic rings. The van der Waals surface area contributed by atoms with E-state index in [0.717, 1.165) is 24.1 Å². The summed E-state index contributed by atoms with van der Waals surface area (Å²) < 4.78 is 5.63. The zero-order valence-corrected chi connectivity index (χ0v) is 18.4. The maximum Gasteiger partial charge on any atom is 0.226 e. The summed E-state index contributed by atoms with van der Waals surface area (Å²) in [5.41, 5.74) is 0.906. The number of aryl methyl sites for hydroxylation is 1. The predicted octanol–water partition coefficient (Wildman–Crippen LogP) is 0.648. The van der Waals surface area contributed by atoms with Gasteiger partial charge in [-0.3, -0.25) is 9.78 Å². The third kappa shape index (κ3) is 7.61. The molecule has 0 aromatic carbocycles.